The average molecular weight is 688 g/mol. The number of thiol groups is 1. The average Bonchev–Trinajstić information content (AvgIpc) is 3.50. The molecule has 1 saturated heterocycles. The number of nitrogens with one attached hydrogen (secondary N) is 2. The number of hydrogen-bond acceptors (Lipinski definition) is 16. The summed E-state index contributed by atoms with van der Waals surface area (Å²) in [6, 6.07) is 0. The smallest absolute Gasteiger partial charge is 0.387 e. The van der Waals surface area contributed by atoms with Crippen molar-refractivity contribution in [3.8, 4) is 0 Å². The maximum Gasteiger partial charge on any atom is 0.481 e. The number of anilines is 1. The van der Waals surface area contributed by atoms with Gasteiger partial charge in [0.1, 0.15) is 36.3 Å². The van der Waals surface area contributed by atoms with Gasteiger partial charge >= 0.3 is 15.6 Å². The Morgan fingerprint density at radius 1 is 1.14 bits per heavy atom. The number of imidazole rings is 1. The largest absolute Gasteiger partial charge is 0.481 e. The number of aliphatic hydroxyl groups excluding tert-OH is 3. The Balaban J connectivity index is 1.50. The van der Waals surface area contributed by atoms with Crippen LogP contribution in [0.15, 0.2) is 12.7 Å². The van der Waals surface area contributed by atoms with Gasteiger partial charge in [0.2, 0.25) is 11.8 Å². The number of hydrogen-bond donors (Lipinski definition) is 9. The third-order valence-electron chi connectivity index (χ3n) is 6.28. The van der Waals surface area contributed by atoms with Crippen molar-refractivity contribution in [1.29, 1.82) is 0 Å². The molecular formula is C21H35N7O13P2S. The number of nitrogens with zero attached hydrogens (tertiary/aromatic N) is 4. The highest BCUT2D eigenvalue weighted by Gasteiger charge is 2.46. The third kappa shape index (κ3) is 9.38. The maximum absolute atomic E-state index is 12.4. The van der Waals surface area contributed by atoms with Crippen LogP contribution in [0, 0.1) is 5.41 Å². The minimum Gasteiger partial charge on any atom is -0.387 e. The van der Waals surface area contributed by atoms with Crippen LogP contribution in [0.25, 0.3) is 11.2 Å². The van der Waals surface area contributed by atoms with E-state index in [-0.39, 0.29) is 35.9 Å². The first kappa shape index (κ1) is 36.2. The molecule has 23 heteroatoms. The van der Waals surface area contributed by atoms with Crippen LogP contribution in [-0.4, -0.2) is 113 Å². The van der Waals surface area contributed by atoms with Gasteiger partial charge in [-0.3, -0.25) is 23.2 Å². The molecule has 0 aliphatic carbocycles. The van der Waals surface area contributed by atoms with Crippen molar-refractivity contribution in [2.75, 3.05) is 37.8 Å². The Morgan fingerprint density at radius 2 is 1.82 bits per heavy atom. The van der Waals surface area contributed by atoms with Gasteiger partial charge < -0.3 is 46.2 Å². The molecule has 2 unspecified atom stereocenters. The van der Waals surface area contributed by atoms with Crippen LogP contribution in [0.3, 0.4) is 0 Å². The summed E-state index contributed by atoms with van der Waals surface area (Å²) in [5.41, 5.74) is 4.60. The zero-order chi connectivity index (χ0) is 32.9. The van der Waals surface area contributed by atoms with Gasteiger partial charge in [-0.1, -0.05) is 13.8 Å². The van der Waals surface area contributed by atoms with Crippen LogP contribution in [0.4, 0.5) is 5.82 Å². The van der Waals surface area contributed by atoms with Crippen LogP contribution >= 0.6 is 28.3 Å². The summed E-state index contributed by atoms with van der Waals surface area (Å²) in [7, 11) is -10.7. The van der Waals surface area contributed by atoms with Crippen LogP contribution in [0.2, 0.25) is 0 Å². The number of carbonyl (C=O) groups is 2. The lowest BCUT2D eigenvalue weighted by Crippen LogP contribution is -2.46. The first-order valence-corrected chi connectivity index (χ1v) is 16.5. The predicted molar refractivity (Wildman–Crippen MR) is 153 cm³/mol. The molecule has 1 aliphatic heterocycles. The fraction of sp³-hybridized carbons (Fsp3) is 0.667. The number of aromatic nitrogens is 4. The maximum atomic E-state index is 12.4. The normalized spacial score (nSPS) is 24.0. The van der Waals surface area contributed by atoms with E-state index in [4.69, 9.17) is 19.5 Å². The number of carbonyl (C=O) groups excluding carboxylic acids is 2. The molecule has 2 aromatic heterocycles. The van der Waals surface area contributed by atoms with Crippen LogP contribution in [0.1, 0.15) is 26.5 Å². The molecule has 20 nitrogen and oxygen atoms in total. The second-order valence-electron chi connectivity index (χ2n) is 10.2. The molecule has 0 bridgehead atoms. The van der Waals surface area contributed by atoms with E-state index in [1.165, 1.54) is 24.7 Å². The number of ether oxygens (including phenoxy) is 1. The molecule has 7 atom stereocenters. The quantitative estimate of drug-likeness (QED) is 0.0696. The van der Waals surface area contributed by atoms with Gasteiger partial charge in [0, 0.05) is 30.7 Å². The summed E-state index contributed by atoms with van der Waals surface area (Å²) in [6.07, 6.45) is -5.39. The summed E-state index contributed by atoms with van der Waals surface area (Å²) in [4.78, 5) is 55.7. The predicted octanol–water partition coefficient (Wildman–Crippen LogP) is -1.78. The number of phosphoric acid groups is 2. The molecule has 0 aromatic carbocycles. The molecule has 0 spiro atoms. The lowest BCUT2D eigenvalue weighted by Gasteiger charge is -2.30. The summed E-state index contributed by atoms with van der Waals surface area (Å²) in [6.45, 7) is 1.16. The summed E-state index contributed by atoms with van der Waals surface area (Å²) in [5, 5.41) is 36.2. The molecule has 2 amide bonds. The summed E-state index contributed by atoms with van der Waals surface area (Å²) in [5.74, 6) is -0.760. The van der Waals surface area contributed by atoms with E-state index < -0.39 is 70.8 Å². The van der Waals surface area contributed by atoms with Crippen molar-refractivity contribution in [3.63, 3.8) is 0 Å². The van der Waals surface area contributed by atoms with Crippen LogP contribution < -0.4 is 16.4 Å². The number of phosphoric ester groups is 2. The zero-order valence-corrected chi connectivity index (χ0v) is 26.2. The summed E-state index contributed by atoms with van der Waals surface area (Å²) >= 11 is 3.96. The molecule has 3 heterocycles. The number of nitrogen functional groups attached to an aromatic ring is 1. The van der Waals surface area contributed by atoms with E-state index >= 15 is 0 Å². The van der Waals surface area contributed by atoms with Crippen molar-refractivity contribution in [3.05, 3.63) is 12.7 Å². The van der Waals surface area contributed by atoms with E-state index in [0.717, 1.165) is 6.33 Å². The molecule has 44 heavy (non-hydrogen) atoms. The fourth-order valence-electron chi connectivity index (χ4n) is 3.86. The van der Waals surface area contributed by atoms with Crippen molar-refractivity contribution in [1.82, 2.24) is 30.2 Å². The number of amides is 2. The van der Waals surface area contributed by atoms with Crippen molar-refractivity contribution in [2.45, 2.75) is 50.9 Å². The van der Waals surface area contributed by atoms with Crippen LogP contribution in [-0.2, 0) is 36.8 Å². The second kappa shape index (κ2) is 14.9. The minimum absolute atomic E-state index is 0.0540. The number of aliphatic hydroxyl groups is 3. The lowest BCUT2D eigenvalue weighted by molar-refractivity contribution is -0.137. The second-order valence-corrected chi connectivity index (χ2v) is 13.7. The highest BCUT2D eigenvalue weighted by molar-refractivity contribution is 7.80. The third-order valence-corrected chi connectivity index (χ3v) is 9.09. The van der Waals surface area contributed by atoms with Gasteiger partial charge in [-0.15, -0.1) is 0 Å². The Hall–Kier alpha value is -2.26. The molecule has 9 N–H and O–H groups in total. The van der Waals surface area contributed by atoms with E-state index in [2.05, 4.69) is 42.5 Å². The van der Waals surface area contributed by atoms with Gasteiger partial charge in [-0.05, 0) is 0 Å². The highest BCUT2D eigenvalue weighted by atomic mass is 32.1. The van der Waals surface area contributed by atoms with E-state index in [0.29, 0.717) is 12.3 Å². The number of nitrogens with two attached hydrogens (primary N) is 1. The Kier molecular flexibility index (Phi) is 12.3. The molecule has 3 rings (SSSR count). The van der Waals surface area contributed by atoms with Crippen molar-refractivity contribution in [2.24, 2.45) is 5.41 Å². The first-order valence-electron chi connectivity index (χ1n) is 12.9. The molecule has 0 saturated carbocycles. The van der Waals surface area contributed by atoms with Gasteiger partial charge in [0.25, 0.3) is 0 Å². The van der Waals surface area contributed by atoms with E-state index in [1.807, 2.05) is 0 Å². The molecule has 2 aromatic rings. The van der Waals surface area contributed by atoms with E-state index in [1.54, 1.807) is 0 Å². The first-order chi connectivity index (χ1) is 20.5. The molecule has 0 radical (unpaired) electrons. The Bertz CT molecular complexity index is 1420. The fourth-order valence-corrected chi connectivity index (χ4v) is 6.22. The number of fused-ring (bicyclic) bond motifs is 1. The molecule has 1 fully saturated rings. The Labute approximate surface area is 255 Å². The molecule has 1 aliphatic rings. The monoisotopic (exact) mass is 687 g/mol. The topological polar surface area (TPSA) is 300 Å². The molecular weight excluding hydrogens is 652 g/mol. The SMILES string of the molecule is CC(C)(COP(=O)(O)OP(=O)(O)OC[C@@H]1O[C@H](n2cnc3c(N)ncnc32)[C@H](O)[C@H]1O)[C@H](O)C(=O)NCCC(=O)NCCS. The van der Waals surface area contributed by atoms with Gasteiger partial charge in [-0.25, -0.2) is 24.1 Å². The lowest BCUT2D eigenvalue weighted by atomic mass is 9.87. The van der Waals surface area contributed by atoms with Gasteiger partial charge in [0.15, 0.2) is 17.7 Å². The van der Waals surface area contributed by atoms with E-state index in [9.17, 15) is 43.8 Å². The zero-order valence-electron chi connectivity index (χ0n) is 23.5. The van der Waals surface area contributed by atoms with Crippen LogP contribution in [0.5, 0.6) is 0 Å². The van der Waals surface area contributed by atoms with Gasteiger partial charge in [0.05, 0.1) is 19.5 Å². The highest BCUT2D eigenvalue weighted by Crippen LogP contribution is 2.61. The Morgan fingerprint density at radius 3 is 2.50 bits per heavy atom. The van der Waals surface area contributed by atoms with Crippen molar-refractivity contribution >= 4 is 57.1 Å². The number of rotatable bonds is 16. The standard InChI is InChI=1S/C21H35N7O13P2S/c1-21(2,16(32)19(33)24-4-3-12(29)23-5-6-44)8-39-43(36,37)41-42(34,35)38-7-11-14(30)15(31)20(40-11)28-10-27-13-17(22)25-9-26-18(13)28/h9-11,14-16,20,30-32,44H,3-8H2,1-2H3,(H,23,29)(H,24,33)(H,34,35)(H,36,37)(H2,22,25,26)/t11-,14-,15+,16+,20-/m0/s1. The summed E-state index contributed by atoms with van der Waals surface area (Å²) < 4.78 is 45.3. The minimum atomic E-state index is -5.35. The van der Waals surface area contributed by atoms with Crippen molar-refractivity contribution < 1.29 is 61.9 Å². The van der Waals surface area contributed by atoms with Gasteiger partial charge in [-0.2, -0.15) is 16.9 Å². The molecule has 248 valence electrons.